The zero-order valence-corrected chi connectivity index (χ0v) is 16.9. The molecule has 0 fully saturated rings. The van der Waals surface area contributed by atoms with Gasteiger partial charge in [0.2, 0.25) is 5.91 Å². The van der Waals surface area contributed by atoms with Gasteiger partial charge >= 0.3 is 0 Å². The normalized spacial score (nSPS) is 16.4. The SMILES string of the molecule is CC(=O)N[C@@H](C)c1ccc(C2=NNC(=Nc3c(C)cccc3C)SC2)cc1. The molecular formula is C21H24N4OS. The lowest BCUT2D eigenvalue weighted by Crippen LogP contribution is -2.25. The number of carbonyl (C=O) groups excluding carboxylic acids is 1. The van der Waals surface area contributed by atoms with Crippen molar-refractivity contribution in [1.29, 1.82) is 0 Å². The first-order valence-corrected chi connectivity index (χ1v) is 9.90. The van der Waals surface area contributed by atoms with Gasteiger partial charge in [0.05, 0.1) is 17.4 Å². The minimum Gasteiger partial charge on any atom is -0.350 e. The van der Waals surface area contributed by atoms with Crippen LogP contribution in [-0.2, 0) is 4.79 Å². The summed E-state index contributed by atoms with van der Waals surface area (Å²) in [7, 11) is 0. The summed E-state index contributed by atoms with van der Waals surface area (Å²) >= 11 is 1.65. The molecule has 0 bridgehead atoms. The van der Waals surface area contributed by atoms with Crippen LogP contribution in [0.4, 0.5) is 5.69 Å². The van der Waals surface area contributed by atoms with Crippen LogP contribution < -0.4 is 10.7 Å². The first-order chi connectivity index (χ1) is 12.9. The fourth-order valence-corrected chi connectivity index (χ4v) is 3.73. The molecule has 0 saturated heterocycles. The first-order valence-electron chi connectivity index (χ1n) is 8.91. The highest BCUT2D eigenvalue weighted by atomic mass is 32.2. The molecule has 2 aromatic rings. The highest BCUT2D eigenvalue weighted by Gasteiger charge is 2.15. The minimum atomic E-state index is -0.0282. The summed E-state index contributed by atoms with van der Waals surface area (Å²) in [6, 6.07) is 14.3. The quantitative estimate of drug-likeness (QED) is 0.834. The maximum Gasteiger partial charge on any atom is 0.217 e. The van der Waals surface area contributed by atoms with Crippen molar-refractivity contribution in [2.24, 2.45) is 10.1 Å². The summed E-state index contributed by atoms with van der Waals surface area (Å²) < 4.78 is 0. The molecule has 3 rings (SSSR count). The molecule has 0 radical (unpaired) electrons. The lowest BCUT2D eigenvalue weighted by Gasteiger charge is -2.17. The van der Waals surface area contributed by atoms with E-state index in [4.69, 9.17) is 4.99 Å². The van der Waals surface area contributed by atoms with Crippen LogP contribution in [0.25, 0.3) is 0 Å². The predicted octanol–water partition coefficient (Wildman–Crippen LogP) is 4.23. The van der Waals surface area contributed by atoms with Crippen LogP contribution in [0, 0.1) is 13.8 Å². The summed E-state index contributed by atoms with van der Waals surface area (Å²) in [5.41, 5.74) is 9.52. The number of nitrogens with one attached hydrogen (secondary N) is 2. The third-order valence-corrected chi connectivity index (χ3v) is 5.32. The summed E-state index contributed by atoms with van der Waals surface area (Å²) in [5, 5.41) is 8.21. The van der Waals surface area contributed by atoms with Gasteiger partial charge in [0.15, 0.2) is 5.17 Å². The number of rotatable bonds is 4. The van der Waals surface area contributed by atoms with Crippen LogP contribution in [0.1, 0.15) is 42.1 Å². The second kappa shape index (κ2) is 8.39. The molecule has 1 aliphatic heterocycles. The summed E-state index contributed by atoms with van der Waals surface area (Å²) in [4.78, 5) is 15.9. The fourth-order valence-electron chi connectivity index (χ4n) is 2.96. The van der Waals surface area contributed by atoms with Crippen molar-refractivity contribution in [2.45, 2.75) is 33.7 Å². The Kier molecular flexibility index (Phi) is 5.96. The van der Waals surface area contributed by atoms with Crippen molar-refractivity contribution in [2.75, 3.05) is 5.75 Å². The number of thioether (sulfide) groups is 1. The molecule has 0 spiro atoms. The van der Waals surface area contributed by atoms with Crippen molar-refractivity contribution in [1.82, 2.24) is 10.7 Å². The number of amides is 1. The van der Waals surface area contributed by atoms with Gasteiger partial charge in [-0.05, 0) is 43.0 Å². The zero-order chi connectivity index (χ0) is 19.4. The average molecular weight is 381 g/mol. The maximum atomic E-state index is 11.2. The second-order valence-electron chi connectivity index (χ2n) is 6.66. The fraction of sp³-hybridized carbons (Fsp3) is 0.286. The highest BCUT2D eigenvalue weighted by molar-refractivity contribution is 8.14. The number of aliphatic imine (C=N–C) groups is 1. The molecule has 140 valence electrons. The molecule has 0 unspecified atom stereocenters. The lowest BCUT2D eigenvalue weighted by atomic mass is 10.0. The van der Waals surface area contributed by atoms with E-state index >= 15 is 0 Å². The number of hydrogen-bond acceptors (Lipinski definition) is 4. The van der Waals surface area contributed by atoms with E-state index in [0.717, 1.165) is 44.6 Å². The van der Waals surface area contributed by atoms with Gasteiger partial charge in [0.25, 0.3) is 0 Å². The highest BCUT2D eigenvalue weighted by Crippen LogP contribution is 2.25. The van der Waals surface area contributed by atoms with E-state index < -0.39 is 0 Å². The number of nitrogens with zero attached hydrogens (tertiary/aromatic N) is 2. The molecule has 6 heteroatoms. The monoisotopic (exact) mass is 380 g/mol. The molecule has 0 saturated carbocycles. The van der Waals surface area contributed by atoms with Gasteiger partial charge in [-0.2, -0.15) is 5.10 Å². The lowest BCUT2D eigenvalue weighted by molar-refractivity contribution is -0.119. The van der Waals surface area contributed by atoms with Crippen LogP contribution in [-0.4, -0.2) is 22.5 Å². The zero-order valence-electron chi connectivity index (χ0n) is 16.0. The molecule has 2 N–H and O–H groups in total. The summed E-state index contributed by atoms with van der Waals surface area (Å²) in [6.07, 6.45) is 0. The number of amidine groups is 1. The van der Waals surface area contributed by atoms with Crippen LogP contribution in [0.15, 0.2) is 52.6 Å². The molecule has 1 atom stereocenters. The largest absolute Gasteiger partial charge is 0.350 e. The molecule has 27 heavy (non-hydrogen) atoms. The van der Waals surface area contributed by atoms with Gasteiger partial charge in [0, 0.05) is 12.7 Å². The number of aryl methyl sites for hydroxylation is 2. The average Bonchev–Trinajstić information content (AvgIpc) is 2.65. The first kappa shape index (κ1) is 19.2. The summed E-state index contributed by atoms with van der Waals surface area (Å²) in [6.45, 7) is 7.64. The summed E-state index contributed by atoms with van der Waals surface area (Å²) in [5.74, 6) is 0.733. The molecule has 1 heterocycles. The Morgan fingerprint density at radius 1 is 1.19 bits per heavy atom. The smallest absolute Gasteiger partial charge is 0.217 e. The van der Waals surface area contributed by atoms with E-state index in [2.05, 4.69) is 41.8 Å². The third-order valence-electron chi connectivity index (χ3n) is 4.45. The number of benzene rings is 2. The predicted molar refractivity (Wildman–Crippen MR) is 114 cm³/mol. The van der Waals surface area contributed by atoms with Gasteiger partial charge in [-0.3, -0.25) is 10.2 Å². The van der Waals surface area contributed by atoms with Crippen molar-refractivity contribution < 1.29 is 4.79 Å². The van der Waals surface area contributed by atoms with Crippen LogP contribution in [0.5, 0.6) is 0 Å². The second-order valence-corrected chi connectivity index (χ2v) is 7.62. The van der Waals surface area contributed by atoms with E-state index in [1.165, 1.54) is 6.92 Å². The number of carbonyl (C=O) groups is 1. The van der Waals surface area contributed by atoms with Gasteiger partial charge < -0.3 is 5.32 Å². The molecular weight excluding hydrogens is 356 g/mol. The Morgan fingerprint density at radius 2 is 1.85 bits per heavy atom. The molecule has 1 aliphatic rings. The number of hydrogen-bond donors (Lipinski definition) is 2. The van der Waals surface area contributed by atoms with E-state index in [1.54, 1.807) is 11.8 Å². The standard InChI is InChI=1S/C21H24N4OS/c1-13-6-5-7-14(2)20(13)23-21-25-24-19(12-27-21)18-10-8-17(9-11-18)15(3)22-16(4)26/h5-11,15H,12H2,1-4H3,(H,22,26)(H,23,25)/t15-/m0/s1. The van der Waals surface area contributed by atoms with Crippen molar-refractivity contribution in [3.63, 3.8) is 0 Å². The van der Waals surface area contributed by atoms with Crippen molar-refractivity contribution in [3.8, 4) is 0 Å². The Bertz CT molecular complexity index is 883. The van der Waals surface area contributed by atoms with Crippen LogP contribution in [0.3, 0.4) is 0 Å². The molecule has 5 nitrogen and oxygen atoms in total. The van der Waals surface area contributed by atoms with E-state index in [1.807, 2.05) is 37.3 Å². The third kappa shape index (κ3) is 4.77. The van der Waals surface area contributed by atoms with Gasteiger partial charge in [-0.1, -0.05) is 54.2 Å². The van der Waals surface area contributed by atoms with Crippen molar-refractivity contribution >= 4 is 34.2 Å². The van der Waals surface area contributed by atoms with Gasteiger partial charge in [0.1, 0.15) is 0 Å². The van der Waals surface area contributed by atoms with Crippen molar-refractivity contribution in [3.05, 3.63) is 64.7 Å². The Hall–Kier alpha value is -2.60. The van der Waals surface area contributed by atoms with Gasteiger partial charge in [-0.25, -0.2) is 4.99 Å². The molecule has 1 amide bonds. The van der Waals surface area contributed by atoms with Gasteiger partial charge in [-0.15, -0.1) is 0 Å². The van der Waals surface area contributed by atoms with E-state index in [9.17, 15) is 4.79 Å². The number of para-hydroxylation sites is 1. The minimum absolute atomic E-state index is 0.00608. The molecule has 0 aliphatic carbocycles. The maximum absolute atomic E-state index is 11.2. The topological polar surface area (TPSA) is 65.8 Å². The Labute approximate surface area is 164 Å². The Morgan fingerprint density at radius 3 is 2.41 bits per heavy atom. The molecule has 2 aromatic carbocycles. The Balaban J connectivity index is 1.72. The molecule has 0 aromatic heterocycles. The van der Waals surface area contributed by atoms with Crippen LogP contribution >= 0.6 is 11.8 Å². The van der Waals surface area contributed by atoms with Crippen LogP contribution in [0.2, 0.25) is 0 Å². The number of hydrazone groups is 1. The van der Waals surface area contributed by atoms with E-state index in [0.29, 0.717) is 0 Å². The van der Waals surface area contributed by atoms with E-state index in [-0.39, 0.29) is 11.9 Å².